The molecule has 3 rings (SSSR count). The second-order valence-electron chi connectivity index (χ2n) is 4.96. The number of nitrogens with zero attached hydrogens (tertiary/aromatic N) is 3. The zero-order valence-electron chi connectivity index (χ0n) is 12.3. The Morgan fingerprint density at radius 1 is 0.870 bits per heavy atom. The van der Waals surface area contributed by atoms with E-state index < -0.39 is 5.97 Å². The van der Waals surface area contributed by atoms with Crippen LogP contribution in [0, 0.1) is 0 Å². The summed E-state index contributed by atoms with van der Waals surface area (Å²) < 4.78 is 0. The summed E-state index contributed by atoms with van der Waals surface area (Å²) in [6, 6.07) is 18.2. The predicted molar refractivity (Wildman–Crippen MR) is 87.7 cm³/mol. The molecule has 0 fully saturated rings. The molecule has 0 atom stereocenters. The predicted octanol–water partition coefficient (Wildman–Crippen LogP) is 3.51. The van der Waals surface area contributed by atoms with Crippen LogP contribution in [0.15, 0.2) is 73.1 Å². The van der Waals surface area contributed by atoms with Crippen molar-refractivity contribution in [1.29, 1.82) is 0 Å². The number of aromatic nitrogens is 2. The maximum Gasteiger partial charge on any atom is 0.335 e. The molecule has 0 spiro atoms. The van der Waals surface area contributed by atoms with Crippen molar-refractivity contribution in [2.24, 2.45) is 0 Å². The summed E-state index contributed by atoms with van der Waals surface area (Å²) in [4.78, 5) is 21.7. The number of hydrogen-bond acceptors (Lipinski definition) is 4. The molecule has 1 aromatic carbocycles. The van der Waals surface area contributed by atoms with Gasteiger partial charge in [-0.2, -0.15) is 0 Å². The van der Waals surface area contributed by atoms with Crippen LogP contribution in [-0.2, 0) is 6.54 Å². The van der Waals surface area contributed by atoms with Gasteiger partial charge < -0.3 is 10.0 Å². The number of carbonyl (C=O) groups is 1. The summed E-state index contributed by atoms with van der Waals surface area (Å²) >= 11 is 0. The number of anilines is 2. The van der Waals surface area contributed by atoms with Gasteiger partial charge in [-0.05, 0) is 42.0 Å². The van der Waals surface area contributed by atoms with E-state index in [1.165, 1.54) is 0 Å². The SMILES string of the molecule is O=C(O)c1ccc(CN(c2ccccn2)c2ccccn2)cc1. The fourth-order valence-electron chi connectivity index (χ4n) is 2.24. The second kappa shape index (κ2) is 6.70. The summed E-state index contributed by atoms with van der Waals surface area (Å²) in [7, 11) is 0. The Morgan fingerprint density at radius 2 is 1.43 bits per heavy atom. The number of aromatic carboxylic acids is 1. The minimum absolute atomic E-state index is 0.274. The number of rotatable bonds is 5. The number of hydrogen-bond donors (Lipinski definition) is 1. The van der Waals surface area contributed by atoms with Crippen molar-refractivity contribution in [2.75, 3.05) is 4.90 Å². The highest BCUT2D eigenvalue weighted by atomic mass is 16.4. The highest BCUT2D eigenvalue weighted by Gasteiger charge is 2.12. The first-order valence-electron chi connectivity index (χ1n) is 7.16. The van der Waals surface area contributed by atoms with E-state index in [1.807, 2.05) is 53.4 Å². The average molecular weight is 305 g/mol. The van der Waals surface area contributed by atoms with Gasteiger partial charge in [-0.15, -0.1) is 0 Å². The fraction of sp³-hybridized carbons (Fsp3) is 0.0556. The van der Waals surface area contributed by atoms with Gasteiger partial charge in [0.2, 0.25) is 0 Å². The van der Waals surface area contributed by atoms with E-state index in [-0.39, 0.29) is 5.56 Å². The Kier molecular flexibility index (Phi) is 4.29. The molecular weight excluding hydrogens is 290 g/mol. The maximum atomic E-state index is 10.9. The van der Waals surface area contributed by atoms with E-state index in [2.05, 4.69) is 9.97 Å². The lowest BCUT2D eigenvalue weighted by molar-refractivity contribution is 0.0697. The third-order valence-electron chi connectivity index (χ3n) is 3.39. The van der Waals surface area contributed by atoms with E-state index in [0.29, 0.717) is 6.54 Å². The summed E-state index contributed by atoms with van der Waals surface area (Å²) in [6.45, 7) is 0.550. The Hall–Kier alpha value is -3.21. The highest BCUT2D eigenvalue weighted by molar-refractivity contribution is 5.87. The fourth-order valence-corrected chi connectivity index (χ4v) is 2.24. The smallest absolute Gasteiger partial charge is 0.335 e. The molecule has 5 nitrogen and oxygen atoms in total. The van der Waals surface area contributed by atoms with Crippen molar-refractivity contribution in [3.8, 4) is 0 Å². The molecule has 3 aromatic rings. The van der Waals surface area contributed by atoms with E-state index in [9.17, 15) is 4.79 Å². The number of pyridine rings is 2. The minimum atomic E-state index is -0.928. The van der Waals surface area contributed by atoms with Crippen molar-refractivity contribution >= 4 is 17.6 Å². The summed E-state index contributed by atoms with van der Waals surface area (Å²) in [5.41, 5.74) is 1.25. The van der Waals surface area contributed by atoms with Crippen molar-refractivity contribution in [3.05, 3.63) is 84.2 Å². The van der Waals surface area contributed by atoms with Gasteiger partial charge in [-0.25, -0.2) is 14.8 Å². The highest BCUT2D eigenvalue weighted by Crippen LogP contribution is 2.23. The molecule has 2 heterocycles. The lowest BCUT2D eigenvalue weighted by Gasteiger charge is -2.22. The van der Waals surface area contributed by atoms with Gasteiger partial charge in [0.05, 0.1) is 12.1 Å². The van der Waals surface area contributed by atoms with Crippen molar-refractivity contribution in [2.45, 2.75) is 6.54 Å². The van der Waals surface area contributed by atoms with Crippen LogP contribution in [0.5, 0.6) is 0 Å². The zero-order valence-corrected chi connectivity index (χ0v) is 12.3. The molecule has 23 heavy (non-hydrogen) atoms. The van der Waals surface area contributed by atoms with E-state index >= 15 is 0 Å². The van der Waals surface area contributed by atoms with Crippen molar-refractivity contribution in [1.82, 2.24) is 9.97 Å². The van der Waals surface area contributed by atoms with Crippen LogP contribution in [0.2, 0.25) is 0 Å². The molecule has 1 N–H and O–H groups in total. The number of carboxylic acid groups (broad SMARTS) is 1. The maximum absolute atomic E-state index is 10.9. The van der Waals surface area contributed by atoms with E-state index in [0.717, 1.165) is 17.2 Å². The molecule has 0 bridgehead atoms. The molecule has 0 saturated heterocycles. The van der Waals surface area contributed by atoms with Crippen LogP contribution in [0.3, 0.4) is 0 Å². The van der Waals surface area contributed by atoms with Crippen LogP contribution >= 0.6 is 0 Å². The molecule has 114 valence electrons. The first kappa shape index (κ1) is 14.7. The van der Waals surface area contributed by atoms with Crippen LogP contribution in [0.4, 0.5) is 11.6 Å². The Bertz CT molecular complexity index is 735. The molecule has 0 radical (unpaired) electrons. The van der Waals surface area contributed by atoms with Crippen LogP contribution < -0.4 is 4.90 Å². The molecular formula is C18H15N3O2. The third kappa shape index (κ3) is 3.52. The van der Waals surface area contributed by atoms with Crippen molar-refractivity contribution in [3.63, 3.8) is 0 Å². The molecule has 0 unspecified atom stereocenters. The Morgan fingerprint density at radius 3 is 1.87 bits per heavy atom. The molecule has 0 aliphatic heterocycles. The summed E-state index contributed by atoms with van der Waals surface area (Å²) in [5.74, 6) is 0.643. The largest absolute Gasteiger partial charge is 0.478 e. The van der Waals surface area contributed by atoms with Crippen LogP contribution in [0.25, 0.3) is 0 Å². The average Bonchev–Trinajstić information content (AvgIpc) is 2.61. The molecule has 0 aliphatic carbocycles. The molecule has 0 saturated carbocycles. The lowest BCUT2D eigenvalue weighted by Crippen LogP contribution is -2.18. The quantitative estimate of drug-likeness (QED) is 0.781. The number of carboxylic acids is 1. The van der Waals surface area contributed by atoms with Crippen LogP contribution in [-0.4, -0.2) is 21.0 Å². The van der Waals surface area contributed by atoms with Gasteiger partial charge in [-0.3, -0.25) is 0 Å². The zero-order chi connectivity index (χ0) is 16.1. The Balaban J connectivity index is 1.92. The van der Waals surface area contributed by atoms with Gasteiger partial charge in [0.15, 0.2) is 0 Å². The summed E-state index contributed by atoms with van der Waals surface area (Å²) in [5, 5.41) is 8.98. The molecule has 5 heteroatoms. The third-order valence-corrected chi connectivity index (χ3v) is 3.39. The van der Waals surface area contributed by atoms with Gasteiger partial charge in [0.1, 0.15) is 11.6 Å². The first-order valence-corrected chi connectivity index (χ1v) is 7.16. The topological polar surface area (TPSA) is 66.3 Å². The normalized spacial score (nSPS) is 10.3. The summed E-state index contributed by atoms with van der Waals surface area (Å²) in [6.07, 6.45) is 3.47. The standard InChI is InChI=1S/C18H15N3O2/c22-18(23)15-9-7-14(8-10-15)13-21(16-5-1-3-11-19-16)17-6-2-4-12-20-17/h1-12H,13H2,(H,22,23). The van der Waals surface area contributed by atoms with Gasteiger partial charge in [-0.1, -0.05) is 24.3 Å². The monoisotopic (exact) mass is 305 g/mol. The van der Waals surface area contributed by atoms with E-state index in [4.69, 9.17) is 5.11 Å². The van der Waals surface area contributed by atoms with Crippen LogP contribution in [0.1, 0.15) is 15.9 Å². The Labute approximate surface area is 133 Å². The molecule has 0 amide bonds. The van der Waals surface area contributed by atoms with Gasteiger partial charge in [0.25, 0.3) is 0 Å². The first-order chi connectivity index (χ1) is 11.2. The van der Waals surface area contributed by atoms with Gasteiger partial charge in [0, 0.05) is 12.4 Å². The van der Waals surface area contributed by atoms with Gasteiger partial charge >= 0.3 is 5.97 Å². The lowest BCUT2D eigenvalue weighted by atomic mass is 10.1. The molecule has 0 aliphatic rings. The second-order valence-corrected chi connectivity index (χ2v) is 4.96. The van der Waals surface area contributed by atoms with E-state index in [1.54, 1.807) is 24.5 Å². The molecule has 2 aromatic heterocycles. The minimum Gasteiger partial charge on any atom is -0.478 e. The number of benzene rings is 1. The van der Waals surface area contributed by atoms with Crippen molar-refractivity contribution < 1.29 is 9.90 Å².